The highest BCUT2D eigenvalue weighted by Crippen LogP contribution is 2.40. The molecule has 1 unspecified atom stereocenters. The van der Waals surface area contributed by atoms with Gasteiger partial charge >= 0.3 is 0 Å². The summed E-state index contributed by atoms with van der Waals surface area (Å²) in [6, 6.07) is 4.26. The fraction of sp³-hybridized carbons (Fsp3) is 0.333. The van der Waals surface area contributed by atoms with Gasteiger partial charge in [0.05, 0.1) is 4.83 Å². The first-order valence-electron chi connectivity index (χ1n) is 4.96. The maximum Gasteiger partial charge on any atom is 0.105 e. The standard InChI is InChI=1S/C12H12Br2OS/c1-6-4-9(7(2)15-6)12(14)11-5-10(13)8(3)16-11/h4-5,12H,1-3H3. The second-order valence-corrected chi connectivity index (χ2v) is 6.84. The lowest BCUT2D eigenvalue weighted by Gasteiger charge is -2.05. The van der Waals surface area contributed by atoms with Crippen LogP contribution in [0.2, 0.25) is 0 Å². The van der Waals surface area contributed by atoms with Gasteiger partial charge in [0.25, 0.3) is 0 Å². The molecule has 0 spiro atoms. The quantitative estimate of drug-likeness (QED) is 0.641. The highest BCUT2D eigenvalue weighted by Gasteiger charge is 2.18. The number of furan rings is 1. The molecule has 86 valence electrons. The zero-order valence-electron chi connectivity index (χ0n) is 9.30. The van der Waals surface area contributed by atoms with Crippen LogP contribution in [0.4, 0.5) is 0 Å². The first kappa shape index (κ1) is 12.4. The molecule has 0 N–H and O–H groups in total. The molecule has 0 amide bonds. The van der Waals surface area contributed by atoms with Crippen LogP contribution >= 0.6 is 43.2 Å². The minimum absolute atomic E-state index is 0.222. The lowest BCUT2D eigenvalue weighted by Crippen LogP contribution is -1.88. The molecule has 0 aliphatic carbocycles. The maximum absolute atomic E-state index is 5.56. The summed E-state index contributed by atoms with van der Waals surface area (Å²) < 4.78 is 6.73. The SMILES string of the molecule is Cc1cc(C(Br)c2cc(Br)c(C)s2)c(C)o1. The summed E-state index contributed by atoms with van der Waals surface area (Å²) in [7, 11) is 0. The van der Waals surface area contributed by atoms with Gasteiger partial charge in [-0.05, 0) is 48.8 Å². The van der Waals surface area contributed by atoms with Crippen molar-refractivity contribution in [3.8, 4) is 0 Å². The van der Waals surface area contributed by atoms with Gasteiger partial charge < -0.3 is 4.42 Å². The average Bonchev–Trinajstić information content (AvgIpc) is 2.70. The number of halogens is 2. The topological polar surface area (TPSA) is 13.1 Å². The highest BCUT2D eigenvalue weighted by atomic mass is 79.9. The Balaban J connectivity index is 2.38. The van der Waals surface area contributed by atoms with Crippen molar-refractivity contribution in [1.29, 1.82) is 0 Å². The van der Waals surface area contributed by atoms with Gasteiger partial charge in [0.1, 0.15) is 11.5 Å². The molecule has 2 heterocycles. The van der Waals surface area contributed by atoms with E-state index < -0.39 is 0 Å². The van der Waals surface area contributed by atoms with Crippen molar-refractivity contribution in [2.24, 2.45) is 0 Å². The summed E-state index contributed by atoms with van der Waals surface area (Å²) in [6.45, 7) is 6.10. The Morgan fingerprint density at radius 2 is 1.94 bits per heavy atom. The molecule has 4 heteroatoms. The van der Waals surface area contributed by atoms with E-state index >= 15 is 0 Å². The smallest absolute Gasteiger partial charge is 0.105 e. The molecule has 16 heavy (non-hydrogen) atoms. The fourth-order valence-corrected chi connectivity index (χ4v) is 4.09. The third-order valence-electron chi connectivity index (χ3n) is 2.48. The van der Waals surface area contributed by atoms with Crippen molar-refractivity contribution >= 4 is 43.2 Å². The molecule has 0 aliphatic heterocycles. The van der Waals surface area contributed by atoms with Crippen LogP contribution in [0.25, 0.3) is 0 Å². The van der Waals surface area contributed by atoms with Crippen LogP contribution in [0, 0.1) is 20.8 Å². The van der Waals surface area contributed by atoms with Gasteiger partial charge in [-0.15, -0.1) is 11.3 Å². The molecule has 2 aromatic rings. The number of hydrogen-bond acceptors (Lipinski definition) is 2. The third-order valence-corrected chi connectivity index (χ3v) is 5.97. The van der Waals surface area contributed by atoms with Crippen molar-refractivity contribution in [2.75, 3.05) is 0 Å². The van der Waals surface area contributed by atoms with Gasteiger partial charge in [-0.2, -0.15) is 0 Å². The molecule has 0 bridgehead atoms. The minimum Gasteiger partial charge on any atom is -0.466 e. The maximum atomic E-state index is 5.56. The Kier molecular flexibility index (Phi) is 3.62. The normalized spacial score (nSPS) is 13.1. The van der Waals surface area contributed by atoms with E-state index in [0.29, 0.717) is 0 Å². The van der Waals surface area contributed by atoms with E-state index in [-0.39, 0.29) is 4.83 Å². The molecule has 0 saturated carbocycles. The number of alkyl halides is 1. The lowest BCUT2D eigenvalue weighted by atomic mass is 10.1. The molecular weight excluding hydrogens is 352 g/mol. The summed E-state index contributed by atoms with van der Waals surface area (Å²) in [5.74, 6) is 1.95. The van der Waals surface area contributed by atoms with Crippen LogP contribution in [0.15, 0.2) is 21.0 Å². The molecule has 0 radical (unpaired) electrons. The monoisotopic (exact) mass is 362 g/mol. The first-order valence-corrected chi connectivity index (χ1v) is 7.48. The molecule has 2 aromatic heterocycles. The first-order chi connectivity index (χ1) is 7.49. The van der Waals surface area contributed by atoms with E-state index in [0.717, 1.165) is 11.5 Å². The molecule has 0 aromatic carbocycles. The molecule has 2 rings (SSSR count). The number of rotatable bonds is 2. The zero-order chi connectivity index (χ0) is 11.9. The van der Waals surface area contributed by atoms with Gasteiger partial charge in [-0.1, -0.05) is 15.9 Å². The van der Waals surface area contributed by atoms with Crippen LogP contribution in [-0.4, -0.2) is 0 Å². The van der Waals surface area contributed by atoms with Gasteiger partial charge in [-0.3, -0.25) is 0 Å². The van der Waals surface area contributed by atoms with Crippen molar-refractivity contribution in [3.63, 3.8) is 0 Å². The van der Waals surface area contributed by atoms with E-state index in [2.05, 4.69) is 50.9 Å². The Morgan fingerprint density at radius 3 is 2.38 bits per heavy atom. The predicted octanol–water partition coefficient (Wildman–Crippen LogP) is 5.51. The van der Waals surface area contributed by atoms with Gasteiger partial charge in [0, 0.05) is 19.8 Å². The van der Waals surface area contributed by atoms with Crippen LogP contribution in [0.5, 0.6) is 0 Å². The molecule has 0 aliphatic rings. The molecule has 0 fully saturated rings. The summed E-state index contributed by atoms with van der Waals surface area (Å²) in [5, 5.41) is 0. The molecule has 1 atom stereocenters. The number of hydrogen-bond donors (Lipinski definition) is 0. The average molecular weight is 364 g/mol. The van der Waals surface area contributed by atoms with E-state index in [9.17, 15) is 0 Å². The fourth-order valence-electron chi connectivity index (χ4n) is 1.66. The lowest BCUT2D eigenvalue weighted by molar-refractivity contribution is 0.502. The Bertz CT molecular complexity index is 494. The summed E-state index contributed by atoms with van der Waals surface area (Å²) >= 11 is 9.08. The summed E-state index contributed by atoms with van der Waals surface area (Å²) in [4.78, 5) is 2.82. The van der Waals surface area contributed by atoms with Crippen LogP contribution in [0.3, 0.4) is 0 Å². The van der Waals surface area contributed by atoms with E-state index in [1.165, 1.54) is 19.8 Å². The van der Waals surface area contributed by atoms with Gasteiger partial charge in [-0.25, -0.2) is 0 Å². The largest absolute Gasteiger partial charge is 0.466 e. The van der Waals surface area contributed by atoms with Crippen molar-refractivity contribution in [3.05, 3.63) is 43.4 Å². The molecule has 1 nitrogen and oxygen atoms in total. The van der Waals surface area contributed by atoms with Crippen LogP contribution in [-0.2, 0) is 0 Å². The predicted molar refractivity (Wildman–Crippen MR) is 75.7 cm³/mol. The third kappa shape index (κ3) is 2.29. The Hall–Kier alpha value is -0.0600. The van der Waals surface area contributed by atoms with E-state index in [1.54, 1.807) is 11.3 Å². The van der Waals surface area contributed by atoms with E-state index in [1.807, 2.05) is 13.8 Å². The Morgan fingerprint density at radius 1 is 1.25 bits per heavy atom. The second kappa shape index (κ2) is 4.67. The van der Waals surface area contributed by atoms with Crippen molar-refractivity contribution in [1.82, 2.24) is 0 Å². The van der Waals surface area contributed by atoms with Gasteiger partial charge in [0.15, 0.2) is 0 Å². The number of aryl methyl sites for hydroxylation is 3. The van der Waals surface area contributed by atoms with Crippen molar-refractivity contribution in [2.45, 2.75) is 25.6 Å². The molecular formula is C12H12Br2OS. The number of thiophene rings is 1. The summed E-state index contributed by atoms with van der Waals surface area (Å²) in [5.41, 5.74) is 1.21. The van der Waals surface area contributed by atoms with Crippen LogP contribution < -0.4 is 0 Å². The zero-order valence-corrected chi connectivity index (χ0v) is 13.3. The molecule has 0 saturated heterocycles. The van der Waals surface area contributed by atoms with E-state index in [4.69, 9.17) is 4.42 Å². The van der Waals surface area contributed by atoms with Gasteiger partial charge in [0.2, 0.25) is 0 Å². The Labute approximate surface area is 116 Å². The van der Waals surface area contributed by atoms with Crippen LogP contribution in [0.1, 0.15) is 31.7 Å². The summed E-state index contributed by atoms with van der Waals surface area (Å²) in [6.07, 6.45) is 0. The minimum atomic E-state index is 0.222. The highest BCUT2D eigenvalue weighted by molar-refractivity contribution is 9.10. The van der Waals surface area contributed by atoms with Crippen molar-refractivity contribution < 1.29 is 4.42 Å². The second-order valence-electron chi connectivity index (χ2n) is 3.78.